The van der Waals surface area contributed by atoms with Crippen molar-refractivity contribution >= 4 is 23.6 Å². The summed E-state index contributed by atoms with van der Waals surface area (Å²) in [5, 5.41) is 11.6. The highest BCUT2D eigenvalue weighted by Crippen LogP contribution is 2.30. The van der Waals surface area contributed by atoms with Gasteiger partial charge in [-0.05, 0) is 49.7 Å². The molecule has 2 heterocycles. The monoisotopic (exact) mass is 473 g/mol. The highest BCUT2D eigenvalue weighted by Gasteiger charge is 2.25. The number of hydrogen-bond donors (Lipinski definition) is 1. The van der Waals surface area contributed by atoms with Crippen LogP contribution in [0.25, 0.3) is 5.69 Å². The van der Waals surface area contributed by atoms with Crippen molar-refractivity contribution < 1.29 is 18.3 Å². The van der Waals surface area contributed by atoms with Crippen LogP contribution < -0.4 is 10.2 Å². The van der Waals surface area contributed by atoms with Crippen LogP contribution in [0.15, 0.2) is 53.7 Å². The number of rotatable bonds is 7. The van der Waals surface area contributed by atoms with Crippen molar-refractivity contribution in [3.8, 4) is 5.69 Å². The normalized spacial score (nSPS) is 15.8. The number of amides is 1. The summed E-state index contributed by atoms with van der Waals surface area (Å²) in [7, 11) is 0. The second-order valence-electron chi connectivity index (χ2n) is 7.74. The summed E-state index contributed by atoms with van der Waals surface area (Å²) in [5.74, 6) is -0.310. The fourth-order valence-electron chi connectivity index (χ4n) is 3.53. The number of benzene rings is 2. The second kappa shape index (κ2) is 10.3. The van der Waals surface area contributed by atoms with Gasteiger partial charge in [0.1, 0.15) is 11.6 Å². The number of aromatic nitrogens is 3. The Bertz CT molecular complexity index is 1100. The van der Waals surface area contributed by atoms with Crippen LogP contribution in [-0.2, 0) is 9.53 Å². The molecule has 1 saturated heterocycles. The zero-order valence-electron chi connectivity index (χ0n) is 18.4. The number of nitrogens with zero attached hydrogens (tertiary/aromatic N) is 4. The molecule has 7 nitrogen and oxygen atoms in total. The molecule has 0 saturated carbocycles. The molecule has 0 bridgehead atoms. The number of ether oxygens (including phenoxy) is 1. The average molecular weight is 474 g/mol. The third-order valence-electron chi connectivity index (χ3n) is 5.36. The summed E-state index contributed by atoms with van der Waals surface area (Å²) < 4.78 is 34.4. The minimum Gasteiger partial charge on any atom is -0.378 e. The maximum absolute atomic E-state index is 14.0. The van der Waals surface area contributed by atoms with E-state index < -0.39 is 5.25 Å². The van der Waals surface area contributed by atoms with Gasteiger partial charge in [0.2, 0.25) is 11.9 Å². The summed E-state index contributed by atoms with van der Waals surface area (Å²) in [4.78, 5) is 14.9. The molecule has 2 atom stereocenters. The molecule has 4 rings (SSSR count). The highest BCUT2D eigenvalue weighted by atomic mass is 32.2. The molecule has 1 amide bonds. The number of nitrogens with one attached hydrogen (secondary N) is 1. The predicted molar refractivity (Wildman–Crippen MR) is 123 cm³/mol. The van der Waals surface area contributed by atoms with E-state index in [4.69, 9.17) is 4.74 Å². The zero-order valence-corrected chi connectivity index (χ0v) is 19.2. The molecule has 174 valence electrons. The van der Waals surface area contributed by atoms with Gasteiger partial charge in [-0.15, -0.1) is 10.2 Å². The van der Waals surface area contributed by atoms with Crippen LogP contribution in [0.1, 0.15) is 25.5 Å². The summed E-state index contributed by atoms with van der Waals surface area (Å²) in [6.45, 7) is 6.04. The molecule has 1 fully saturated rings. The molecular formula is C23H25F2N5O2S. The number of carbonyl (C=O) groups is 1. The number of anilines is 1. The van der Waals surface area contributed by atoms with E-state index in [9.17, 15) is 13.6 Å². The summed E-state index contributed by atoms with van der Waals surface area (Å²) in [5.41, 5.74) is 1.38. The van der Waals surface area contributed by atoms with E-state index in [1.807, 2.05) is 11.8 Å². The largest absolute Gasteiger partial charge is 0.378 e. The first-order valence-electron chi connectivity index (χ1n) is 10.7. The SMILES string of the molecule is C[C@@H](Sc1nnc(N2CCOCC2)n1-c1cccc(F)c1)C(=O)N[C@H](C)c1ccc(F)cc1. The van der Waals surface area contributed by atoms with Crippen molar-refractivity contribution in [1.29, 1.82) is 0 Å². The number of carbonyl (C=O) groups excluding carboxylic acids is 1. The van der Waals surface area contributed by atoms with Crippen molar-refractivity contribution in [2.45, 2.75) is 30.3 Å². The predicted octanol–water partition coefficient (Wildman–Crippen LogP) is 3.74. The first-order valence-corrected chi connectivity index (χ1v) is 11.6. The smallest absolute Gasteiger partial charge is 0.233 e. The van der Waals surface area contributed by atoms with Gasteiger partial charge in [0, 0.05) is 13.1 Å². The van der Waals surface area contributed by atoms with E-state index in [0.29, 0.717) is 43.1 Å². The highest BCUT2D eigenvalue weighted by molar-refractivity contribution is 8.00. The standard InChI is InChI=1S/C23H25F2N5O2S/c1-15(17-6-8-18(24)9-7-17)26-21(31)16(2)33-23-28-27-22(29-10-12-32-13-11-29)30(23)20-5-3-4-19(25)14-20/h3-9,14-16H,10-13H2,1-2H3,(H,26,31)/t15-,16-/m1/s1. The molecule has 2 aromatic carbocycles. The Morgan fingerprint density at radius 3 is 2.48 bits per heavy atom. The van der Waals surface area contributed by atoms with Crippen LogP contribution in [0, 0.1) is 11.6 Å². The van der Waals surface area contributed by atoms with Gasteiger partial charge in [-0.1, -0.05) is 30.0 Å². The lowest BCUT2D eigenvalue weighted by Gasteiger charge is -2.28. The Morgan fingerprint density at radius 1 is 1.06 bits per heavy atom. The lowest BCUT2D eigenvalue weighted by atomic mass is 10.1. The van der Waals surface area contributed by atoms with E-state index in [2.05, 4.69) is 15.5 Å². The van der Waals surface area contributed by atoms with Crippen LogP contribution in [0.2, 0.25) is 0 Å². The lowest BCUT2D eigenvalue weighted by molar-refractivity contribution is -0.120. The number of thioether (sulfide) groups is 1. The van der Waals surface area contributed by atoms with Crippen LogP contribution in [-0.4, -0.2) is 52.2 Å². The van der Waals surface area contributed by atoms with Crippen LogP contribution >= 0.6 is 11.8 Å². The Kier molecular flexibility index (Phi) is 7.24. The minimum atomic E-state index is -0.498. The molecule has 1 aliphatic rings. The van der Waals surface area contributed by atoms with Crippen molar-refractivity contribution in [2.75, 3.05) is 31.2 Å². The van der Waals surface area contributed by atoms with Gasteiger partial charge in [-0.3, -0.25) is 9.36 Å². The molecule has 0 spiro atoms. The average Bonchev–Trinajstić information content (AvgIpc) is 3.23. The van der Waals surface area contributed by atoms with Gasteiger partial charge in [0.25, 0.3) is 0 Å². The molecule has 0 unspecified atom stereocenters. The molecule has 10 heteroatoms. The fraction of sp³-hybridized carbons (Fsp3) is 0.348. The van der Waals surface area contributed by atoms with E-state index in [0.717, 1.165) is 5.56 Å². The van der Waals surface area contributed by atoms with Crippen LogP contribution in [0.4, 0.5) is 14.7 Å². The van der Waals surface area contributed by atoms with Crippen molar-refractivity contribution in [3.63, 3.8) is 0 Å². The Hall–Kier alpha value is -2.98. The summed E-state index contributed by atoms with van der Waals surface area (Å²) >= 11 is 1.24. The van der Waals surface area contributed by atoms with Crippen LogP contribution in [0.3, 0.4) is 0 Å². The third-order valence-corrected chi connectivity index (χ3v) is 6.40. The molecule has 33 heavy (non-hydrogen) atoms. The quantitative estimate of drug-likeness (QED) is 0.527. The van der Waals surface area contributed by atoms with Gasteiger partial charge in [0.15, 0.2) is 5.16 Å². The first kappa shape index (κ1) is 23.2. The van der Waals surface area contributed by atoms with Crippen molar-refractivity contribution in [3.05, 3.63) is 65.7 Å². The molecular weight excluding hydrogens is 448 g/mol. The molecule has 1 aliphatic heterocycles. The van der Waals surface area contributed by atoms with E-state index in [1.165, 1.54) is 36.0 Å². The van der Waals surface area contributed by atoms with Gasteiger partial charge in [-0.2, -0.15) is 0 Å². The lowest BCUT2D eigenvalue weighted by Crippen LogP contribution is -2.38. The van der Waals surface area contributed by atoms with Crippen molar-refractivity contribution in [2.24, 2.45) is 0 Å². The fourth-order valence-corrected chi connectivity index (χ4v) is 4.40. The Labute approximate surface area is 195 Å². The maximum Gasteiger partial charge on any atom is 0.233 e. The topological polar surface area (TPSA) is 72.3 Å². The molecule has 0 aliphatic carbocycles. The van der Waals surface area contributed by atoms with Gasteiger partial charge in [0.05, 0.1) is 30.2 Å². The summed E-state index contributed by atoms with van der Waals surface area (Å²) in [6.07, 6.45) is 0. The summed E-state index contributed by atoms with van der Waals surface area (Å²) in [6, 6.07) is 11.9. The van der Waals surface area contributed by atoms with Crippen molar-refractivity contribution in [1.82, 2.24) is 20.1 Å². The molecule has 1 N–H and O–H groups in total. The van der Waals surface area contributed by atoms with E-state index >= 15 is 0 Å². The van der Waals surface area contributed by atoms with Gasteiger partial charge in [-0.25, -0.2) is 8.78 Å². The first-order chi connectivity index (χ1) is 15.9. The number of morpholine rings is 1. The van der Waals surface area contributed by atoms with Crippen LogP contribution in [0.5, 0.6) is 0 Å². The minimum absolute atomic E-state index is 0.196. The third kappa shape index (κ3) is 5.51. The number of halogens is 2. The van der Waals surface area contributed by atoms with Gasteiger partial charge < -0.3 is 15.0 Å². The maximum atomic E-state index is 14.0. The number of hydrogen-bond acceptors (Lipinski definition) is 6. The molecule has 1 aromatic heterocycles. The second-order valence-corrected chi connectivity index (χ2v) is 9.05. The zero-order chi connectivity index (χ0) is 23.4. The van der Waals surface area contributed by atoms with E-state index in [1.54, 1.807) is 35.8 Å². The molecule has 0 radical (unpaired) electrons. The van der Waals surface area contributed by atoms with Gasteiger partial charge >= 0.3 is 0 Å². The Balaban J connectivity index is 1.54. The Morgan fingerprint density at radius 2 is 1.79 bits per heavy atom. The molecule has 3 aromatic rings. The van der Waals surface area contributed by atoms with E-state index in [-0.39, 0.29) is 23.6 Å².